The first-order valence-electron chi connectivity index (χ1n) is 10.2. The Hall–Kier alpha value is -3.34. The molecule has 0 aromatic heterocycles. The fraction of sp³-hybridized carbons (Fsp3) is 0.250. The zero-order valence-electron chi connectivity index (χ0n) is 16.2. The van der Waals surface area contributed by atoms with Crippen LogP contribution in [-0.2, 0) is 24.2 Å². The average molecular weight is 385 g/mol. The first-order valence-corrected chi connectivity index (χ1v) is 10.2. The Kier molecular flexibility index (Phi) is 4.43. The molecule has 2 heterocycles. The van der Waals surface area contributed by atoms with E-state index in [9.17, 15) is 9.59 Å². The Balaban J connectivity index is 1.32. The molecule has 5 heteroatoms. The van der Waals surface area contributed by atoms with Gasteiger partial charge in [-0.1, -0.05) is 42.5 Å². The van der Waals surface area contributed by atoms with E-state index in [1.165, 1.54) is 5.39 Å². The van der Waals surface area contributed by atoms with Crippen molar-refractivity contribution in [2.75, 3.05) is 16.8 Å². The molecule has 3 amide bonds. The lowest BCUT2D eigenvalue weighted by Gasteiger charge is -2.35. The molecular weight excluding hydrogens is 362 g/mol. The van der Waals surface area contributed by atoms with E-state index < -0.39 is 0 Å². The van der Waals surface area contributed by atoms with Crippen LogP contribution >= 0.6 is 0 Å². The molecule has 2 N–H and O–H groups in total. The number of carbonyl (C=O) groups excluding carboxylic acids is 2. The van der Waals surface area contributed by atoms with E-state index in [-0.39, 0.29) is 11.9 Å². The minimum Gasteiger partial charge on any atom is -0.334 e. The third-order valence-electron chi connectivity index (χ3n) is 5.85. The van der Waals surface area contributed by atoms with E-state index >= 15 is 0 Å². The maximum atomic E-state index is 12.5. The third kappa shape index (κ3) is 3.33. The molecule has 0 radical (unpaired) electrons. The molecule has 2 aliphatic heterocycles. The van der Waals surface area contributed by atoms with Gasteiger partial charge in [0.25, 0.3) is 0 Å². The van der Waals surface area contributed by atoms with Crippen molar-refractivity contribution in [3.63, 3.8) is 0 Å². The number of nitrogens with one attached hydrogen (secondary N) is 2. The van der Waals surface area contributed by atoms with Crippen LogP contribution in [0.15, 0.2) is 54.6 Å². The first kappa shape index (κ1) is 17.7. The molecule has 5 nitrogen and oxygen atoms in total. The minimum absolute atomic E-state index is 0.215. The molecule has 0 saturated heterocycles. The number of amides is 3. The third-order valence-corrected chi connectivity index (χ3v) is 5.85. The van der Waals surface area contributed by atoms with E-state index in [1.807, 2.05) is 41.3 Å². The van der Waals surface area contributed by atoms with Gasteiger partial charge in [0.2, 0.25) is 5.91 Å². The van der Waals surface area contributed by atoms with E-state index in [1.54, 1.807) is 0 Å². The number of carbonyl (C=O) groups is 2. The van der Waals surface area contributed by atoms with E-state index in [0.717, 1.165) is 59.3 Å². The molecule has 2 aliphatic rings. The number of urea groups is 1. The number of hydrogen-bond donors (Lipinski definition) is 2. The monoisotopic (exact) mass is 385 g/mol. The number of benzene rings is 3. The van der Waals surface area contributed by atoms with Crippen molar-refractivity contribution in [2.24, 2.45) is 0 Å². The number of aryl methyl sites for hydroxylation is 2. The summed E-state index contributed by atoms with van der Waals surface area (Å²) in [5.74, 6) is 0.215. The number of hydrogen-bond acceptors (Lipinski definition) is 2. The summed E-state index contributed by atoms with van der Waals surface area (Å²) in [7, 11) is 0. The summed E-state index contributed by atoms with van der Waals surface area (Å²) in [5.41, 5.74) is 5.28. The van der Waals surface area contributed by atoms with Crippen LogP contribution in [0.1, 0.15) is 29.5 Å². The lowest BCUT2D eigenvalue weighted by molar-refractivity contribution is -0.119. The Bertz CT molecular complexity index is 1100. The van der Waals surface area contributed by atoms with Crippen molar-refractivity contribution in [2.45, 2.75) is 32.2 Å². The number of rotatable bonds is 3. The van der Waals surface area contributed by atoms with Gasteiger partial charge in [-0.25, -0.2) is 4.79 Å². The van der Waals surface area contributed by atoms with Crippen molar-refractivity contribution >= 4 is 34.1 Å². The maximum Gasteiger partial charge on any atom is 0.319 e. The van der Waals surface area contributed by atoms with Crippen LogP contribution < -0.4 is 15.5 Å². The summed E-state index contributed by atoms with van der Waals surface area (Å²) in [6.07, 6.45) is 3.20. The van der Waals surface area contributed by atoms with Crippen molar-refractivity contribution < 1.29 is 9.59 Å². The molecule has 0 atom stereocenters. The van der Waals surface area contributed by atoms with Gasteiger partial charge in [0.15, 0.2) is 0 Å². The van der Waals surface area contributed by atoms with Gasteiger partial charge in [-0.2, -0.15) is 0 Å². The van der Waals surface area contributed by atoms with Gasteiger partial charge in [0.05, 0.1) is 5.69 Å². The van der Waals surface area contributed by atoms with Gasteiger partial charge < -0.3 is 15.5 Å². The molecule has 0 fully saturated rings. The molecule has 0 spiro atoms. The van der Waals surface area contributed by atoms with Gasteiger partial charge in [0.1, 0.15) is 0 Å². The van der Waals surface area contributed by atoms with Crippen LogP contribution in [0.5, 0.6) is 0 Å². The average Bonchev–Trinajstić information content (AvgIpc) is 2.74. The molecule has 5 rings (SSSR count). The summed E-state index contributed by atoms with van der Waals surface area (Å²) in [6.45, 7) is 1.27. The molecule has 3 aromatic rings. The van der Waals surface area contributed by atoms with Crippen LogP contribution in [0.4, 0.5) is 16.2 Å². The molecule has 0 aliphatic carbocycles. The van der Waals surface area contributed by atoms with Crippen molar-refractivity contribution in [3.8, 4) is 0 Å². The Morgan fingerprint density at radius 3 is 2.66 bits per heavy atom. The van der Waals surface area contributed by atoms with Gasteiger partial charge >= 0.3 is 6.03 Å². The highest BCUT2D eigenvalue weighted by Crippen LogP contribution is 2.37. The van der Waals surface area contributed by atoms with E-state index in [2.05, 4.69) is 28.8 Å². The van der Waals surface area contributed by atoms with E-state index in [4.69, 9.17) is 0 Å². The number of nitrogens with zero attached hydrogens (tertiary/aromatic N) is 1. The maximum absolute atomic E-state index is 12.5. The standard InChI is InChI=1S/C24H23N3O2/c28-22-11-10-18-14-20(13-17-8-4-12-27(22)23(17)18)26-24(29)25-15-19-7-3-6-16-5-1-2-9-21(16)19/h1-3,5-7,9,13-14H,4,8,10-12,15H2,(H2,25,26,29). The SMILES string of the molecule is O=C(NCc1cccc2ccccc12)Nc1cc2c3c(c1)CCC(=O)N3CCC2. The predicted octanol–water partition coefficient (Wildman–Crippen LogP) is 4.39. The quantitative estimate of drug-likeness (QED) is 0.703. The second-order valence-corrected chi connectivity index (χ2v) is 7.74. The molecule has 0 unspecified atom stereocenters. The van der Waals surface area contributed by atoms with Crippen LogP contribution in [0.25, 0.3) is 10.8 Å². The summed E-state index contributed by atoms with van der Waals surface area (Å²) >= 11 is 0. The van der Waals surface area contributed by atoms with Crippen LogP contribution in [-0.4, -0.2) is 18.5 Å². The zero-order valence-corrected chi connectivity index (χ0v) is 16.2. The highest BCUT2D eigenvalue weighted by molar-refractivity contribution is 5.99. The summed E-state index contributed by atoms with van der Waals surface area (Å²) in [4.78, 5) is 26.6. The van der Waals surface area contributed by atoms with Crippen molar-refractivity contribution in [1.82, 2.24) is 5.32 Å². The summed E-state index contributed by atoms with van der Waals surface area (Å²) < 4.78 is 0. The normalized spacial score (nSPS) is 15.2. The fourth-order valence-electron chi connectivity index (χ4n) is 4.52. The van der Waals surface area contributed by atoms with Crippen molar-refractivity contribution in [3.05, 3.63) is 71.3 Å². The van der Waals surface area contributed by atoms with Crippen LogP contribution in [0.2, 0.25) is 0 Å². The van der Waals surface area contributed by atoms with Crippen LogP contribution in [0, 0.1) is 0 Å². The highest BCUT2D eigenvalue weighted by atomic mass is 16.2. The largest absolute Gasteiger partial charge is 0.334 e. The molecule has 0 saturated carbocycles. The smallest absolute Gasteiger partial charge is 0.319 e. The molecule has 0 bridgehead atoms. The van der Waals surface area contributed by atoms with Gasteiger partial charge in [0, 0.05) is 25.2 Å². The zero-order chi connectivity index (χ0) is 19.8. The summed E-state index contributed by atoms with van der Waals surface area (Å²) in [6, 6.07) is 18.1. The molecule has 146 valence electrons. The van der Waals surface area contributed by atoms with Gasteiger partial charge in [-0.3, -0.25) is 4.79 Å². The fourth-order valence-corrected chi connectivity index (χ4v) is 4.52. The highest BCUT2D eigenvalue weighted by Gasteiger charge is 2.29. The van der Waals surface area contributed by atoms with Crippen LogP contribution in [0.3, 0.4) is 0 Å². The Labute approximate surface area is 169 Å². The molecule has 29 heavy (non-hydrogen) atoms. The Morgan fingerprint density at radius 1 is 0.966 bits per heavy atom. The predicted molar refractivity (Wildman–Crippen MR) is 115 cm³/mol. The Morgan fingerprint density at radius 2 is 1.76 bits per heavy atom. The topological polar surface area (TPSA) is 61.4 Å². The summed E-state index contributed by atoms with van der Waals surface area (Å²) in [5, 5.41) is 8.27. The lowest BCUT2D eigenvalue weighted by Crippen LogP contribution is -2.39. The van der Waals surface area contributed by atoms with Gasteiger partial charge in [-0.15, -0.1) is 0 Å². The molecular formula is C24H23N3O2. The van der Waals surface area contributed by atoms with Crippen molar-refractivity contribution in [1.29, 1.82) is 0 Å². The van der Waals surface area contributed by atoms with Gasteiger partial charge in [-0.05, 0) is 58.9 Å². The van der Waals surface area contributed by atoms with E-state index in [0.29, 0.717) is 13.0 Å². The second kappa shape index (κ2) is 7.24. The lowest BCUT2D eigenvalue weighted by atomic mass is 9.91. The second-order valence-electron chi connectivity index (χ2n) is 7.74. The number of fused-ring (bicyclic) bond motifs is 1. The minimum atomic E-state index is -0.218. The first-order chi connectivity index (χ1) is 14.2. The number of anilines is 2. The molecule has 3 aromatic carbocycles.